The van der Waals surface area contributed by atoms with Gasteiger partial charge in [-0.05, 0) is 106 Å². The molecule has 0 bridgehead atoms. The molecule has 2 aromatic heterocycles. The molecule has 316 valence electrons. The van der Waals surface area contributed by atoms with Crippen LogP contribution in [0, 0.1) is 29.4 Å². The first kappa shape index (κ1) is 41.1. The summed E-state index contributed by atoms with van der Waals surface area (Å²) in [4.78, 5) is 64.4. The van der Waals surface area contributed by atoms with Crippen molar-refractivity contribution in [3.05, 3.63) is 95.0 Å². The lowest BCUT2D eigenvalue weighted by molar-refractivity contribution is -0.133. The molecule has 2 aromatic carbocycles. The van der Waals surface area contributed by atoms with Gasteiger partial charge in [0, 0.05) is 86.9 Å². The molecule has 4 heterocycles. The first-order valence-electron chi connectivity index (χ1n) is 21.3. The lowest BCUT2D eigenvalue weighted by Gasteiger charge is -2.41. The third-order valence-electron chi connectivity index (χ3n) is 12.9. The zero-order valence-corrected chi connectivity index (χ0v) is 33.8. The molecule has 60 heavy (non-hydrogen) atoms. The number of halogens is 2. The highest BCUT2D eigenvalue weighted by Gasteiger charge is 2.34. The molecule has 1 atom stereocenters. The minimum atomic E-state index is -0.567. The summed E-state index contributed by atoms with van der Waals surface area (Å²) in [6, 6.07) is 16.6. The van der Waals surface area contributed by atoms with Gasteiger partial charge in [0.15, 0.2) is 5.82 Å². The van der Waals surface area contributed by atoms with Gasteiger partial charge >= 0.3 is 0 Å². The molecular formula is C45H53F2N9O4. The van der Waals surface area contributed by atoms with Crippen LogP contribution in [0.4, 0.5) is 26.1 Å². The summed E-state index contributed by atoms with van der Waals surface area (Å²) >= 11 is 0. The molecule has 2 aliphatic heterocycles. The van der Waals surface area contributed by atoms with E-state index in [9.17, 15) is 19.2 Å². The maximum absolute atomic E-state index is 15.5. The average Bonchev–Trinajstić information content (AvgIpc) is 3.25. The SMILES string of the molecule is NC(=O)C1CCC(N(CC2CCC(CN3CCN(c4ccc(N[C@@H]5CCC(=O)NC5=O)cc4F)CC3)CC2)c2ncc(F)c(-c3cccc(-n4ccccc4=O)c3)n2)CC1. The number of carbonyl (C=O) groups is 3. The molecule has 0 radical (unpaired) electrons. The smallest absolute Gasteiger partial charge is 0.255 e. The predicted molar refractivity (Wildman–Crippen MR) is 226 cm³/mol. The number of imide groups is 1. The number of aromatic nitrogens is 3. The zero-order valence-electron chi connectivity index (χ0n) is 33.8. The highest BCUT2D eigenvalue weighted by atomic mass is 19.1. The van der Waals surface area contributed by atoms with Crippen LogP contribution in [0.5, 0.6) is 0 Å². The molecule has 0 spiro atoms. The van der Waals surface area contributed by atoms with Crippen molar-refractivity contribution in [2.24, 2.45) is 23.5 Å². The highest BCUT2D eigenvalue weighted by molar-refractivity contribution is 6.01. The number of carbonyl (C=O) groups excluding carboxylic acids is 3. The quantitative estimate of drug-likeness (QED) is 0.161. The molecule has 4 aliphatic rings. The lowest BCUT2D eigenvalue weighted by atomic mass is 9.80. The number of primary amides is 1. The Labute approximate surface area is 348 Å². The number of hydrogen-bond acceptors (Lipinski definition) is 10. The van der Waals surface area contributed by atoms with Crippen LogP contribution in [0.2, 0.25) is 0 Å². The maximum Gasteiger partial charge on any atom is 0.255 e. The van der Waals surface area contributed by atoms with E-state index in [1.807, 2.05) is 0 Å². The van der Waals surface area contributed by atoms with Crippen molar-refractivity contribution < 1.29 is 23.2 Å². The minimum Gasteiger partial charge on any atom is -0.374 e. The Morgan fingerprint density at radius 3 is 2.33 bits per heavy atom. The Morgan fingerprint density at radius 2 is 1.62 bits per heavy atom. The first-order valence-corrected chi connectivity index (χ1v) is 21.3. The molecule has 0 unspecified atom stereocenters. The van der Waals surface area contributed by atoms with Crippen LogP contribution in [-0.4, -0.2) is 88.5 Å². The van der Waals surface area contributed by atoms with E-state index in [-0.39, 0.29) is 53.2 Å². The molecule has 2 aliphatic carbocycles. The fourth-order valence-electron chi connectivity index (χ4n) is 9.51. The van der Waals surface area contributed by atoms with E-state index in [0.717, 1.165) is 64.7 Å². The van der Waals surface area contributed by atoms with Crippen LogP contribution >= 0.6 is 0 Å². The number of nitrogens with zero attached hydrogens (tertiary/aromatic N) is 6. The molecule has 13 nitrogen and oxygen atoms in total. The van der Waals surface area contributed by atoms with Crippen molar-refractivity contribution >= 4 is 35.0 Å². The van der Waals surface area contributed by atoms with Gasteiger partial charge in [0.1, 0.15) is 17.6 Å². The summed E-state index contributed by atoms with van der Waals surface area (Å²) in [6.07, 6.45) is 10.7. The number of hydrogen-bond donors (Lipinski definition) is 3. The standard InChI is InChI=1S/C45H53F2N9O4/c46-36-25-33(50-38-16-18-40(57)51-44(38)60)13-17-39(36)54-22-20-53(21-23-54)27-29-7-9-30(10-8-29)28-56(34-14-11-31(12-15-34)43(48)59)45-49-26-37(47)42(52-45)32-4-3-5-35(24-32)55-19-2-1-6-41(55)58/h1-6,13,17,19,24-26,29-31,34,38,50H,7-12,14-16,18,20-23,27-28H2,(H2,48,59)(H,51,57,60)/t29?,30?,31?,34?,38-/m1/s1. The summed E-state index contributed by atoms with van der Waals surface area (Å²) in [6.45, 7) is 4.84. The number of rotatable bonds is 12. The van der Waals surface area contributed by atoms with E-state index in [2.05, 4.69) is 30.3 Å². The van der Waals surface area contributed by atoms with Gasteiger partial charge in [-0.15, -0.1) is 0 Å². The monoisotopic (exact) mass is 821 g/mol. The zero-order chi connectivity index (χ0) is 41.8. The van der Waals surface area contributed by atoms with Gasteiger partial charge < -0.3 is 20.9 Å². The fourth-order valence-corrected chi connectivity index (χ4v) is 9.51. The summed E-state index contributed by atoms with van der Waals surface area (Å²) in [5, 5.41) is 5.38. The first-order chi connectivity index (χ1) is 29.1. The molecule has 8 rings (SSSR count). The second kappa shape index (κ2) is 18.3. The van der Waals surface area contributed by atoms with Gasteiger partial charge in [0.25, 0.3) is 5.56 Å². The van der Waals surface area contributed by atoms with Crippen molar-refractivity contribution in [3.8, 4) is 16.9 Å². The second-order valence-corrected chi connectivity index (χ2v) is 16.9. The molecule has 2 saturated heterocycles. The Kier molecular flexibility index (Phi) is 12.5. The van der Waals surface area contributed by atoms with Crippen molar-refractivity contribution in [1.29, 1.82) is 0 Å². The molecule has 15 heteroatoms. The van der Waals surface area contributed by atoms with Crippen molar-refractivity contribution in [3.63, 3.8) is 0 Å². The van der Waals surface area contributed by atoms with Crippen LogP contribution in [0.1, 0.15) is 64.2 Å². The average molecular weight is 822 g/mol. The van der Waals surface area contributed by atoms with Crippen LogP contribution in [0.25, 0.3) is 16.9 Å². The summed E-state index contributed by atoms with van der Waals surface area (Å²) in [7, 11) is 0. The Bertz CT molecular complexity index is 2250. The van der Waals surface area contributed by atoms with E-state index in [1.165, 1.54) is 22.9 Å². The lowest BCUT2D eigenvalue weighted by Crippen LogP contribution is -2.48. The highest BCUT2D eigenvalue weighted by Crippen LogP contribution is 2.36. The van der Waals surface area contributed by atoms with Crippen LogP contribution < -0.4 is 31.7 Å². The third kappa shape index (κ3) is 9.51. The number of nitrogens with two attached hydrogens (primary N) is 1. The molecule has 4 aromatic rings. The number of anilines is 3. The second-order valence-electron chi connectivity index (χ2n) is 16.9. The number of amides is 3. The molecule has 2 saturated carbocycles. The Balaban J connectivity index is 0.881. The molecular weight excluding hydrogens is 769 g/mol. The van der Waals surface area contributed by atoms with Crippen molar-refractivity contribution in [1.82, 2.24) is 24.8 Å². The van der Waals surface area contributed by atoms with Gasteiger partial charge in [-0.2, -0.15) is 0 Å². The summed E-state index contributed by atoms with van der Waals surface area (Å²) in [5.74, 6) is -0.559. The number of nitrogens with one attached hydrogen (secondary N) is 2. The Morgan fingerprint density at radius 1 is 0.850 bits per heavy atom. The minimum absolute atomic E-state index is 0.0878. The summed E-state index contributed by atoms with van der Waals surface area (Å²) < 4.78 is 32.4. The van der Waals surface area contributed by atoms with Gasteiger partial charge in [-0.25, -0.2) is 18.7 Å². The van der Waals surface area contributed by atoms with Gasteiger partial charge in [-0.3, -0.25) is 34.0 Å². The maximum atomic E-state index is 15.5. The number of piperazine rings is 1. The summed E-state index contributed by atoms with van der Waals surface area (Å²) in [5.41, 5.74) is 7.89. The fraction of sp³-hybridized carbons (Fsp3) is 0.467. The van der Waals surface area contributed by atoms with E-state index >= 15 is 8.78 Å². The number of benzene rings is 2. The van der Waals surface area contributed by atoms with Crippen LogP contribution in [0.3, 0.4) is 0 Å². The normalized spacial score (nSPS) is 23.8. The van der Waals surface area contributed by atoms with Gasteiger partial charge in [0.05, 0.1) is 11.9 Å². The number of pyridine rings is 1. The Hall–Kier alpha value is -5.70. The van der Waals surface area contributed by atoms with Gasteiger partial charge in [-0.1, -0.05) is 18.2 Å². The van der Waals surface area contributed by atoms with E-state index < -0.39 is 11.9 Å². The van der Waals surface area contributed by atoms with E-state index in [0.29, 0.717) is 72.8 Å². The molecule has 4 fully saturated rings. The van der Waals surface area contributed by atoms with E-state index in [1.54, 1.807) is 54.7 Å². The van der Waals surface area contributed by atoms with E-state index in [4.69, 9.17) is 10.7 Å². The topological polar surface area (TPSA) is 159 Å². The largest absolute Gasteiger partial charge is 0.374 e. The molecule has 4 N–H and O–H groups in total. The predicted octanol–water partition coefficient (Wildman–Crippen LogP) is 5.27. The van der Waals surface area contributed by atoms with Crippen molar-refractivity contribution in [2.75, 3.05) is 54.4 Å². The van der Waals surface area contributed by atoms with Crippen LogP contribution in [0.15, 0.2) is 77.9 Å². The van der Waals surface area contributed by atoms with Crippen LogP contribution in [-0.2, 0) is 14.4 Å². The third-order valence-corrected chi connectivity index (χ3v) is 12.9. The number of piperidine rings is 1. The molecule has 3 amide bonds. The van der Waals surface area contributed by atoms with Gasteiger partial charge in [0.2, 0.25) is 23.7 Å². The van der Waals surface area contributed by atoms with Crippen molar-refractivity contribution in [2.45, 2.75) is 76.3 Å².